The summed E-state index contributed by atoms with van der Waals surface area (Å²) in [5.74, 6) is 0.922. The Hall–Kier alpha value is -1.06. The first-order valence-electron chi connectivity index (χ1n) is 7.13. The Morgan fingerprint density at radius 1 is 1.26 bits per heavy atom. The Balaban J connectivity index is 2.15. The van der Waals surface area contributed by atoms with E-state index in [-0.39, 0.29) is 17.7 Å². The van der Waals surface area contributed by atoms with E-state index < -0.39 is 0 Å². The van der Waals surface area contributed by atoms with Crippen molar-refractivity contribution >= 4 is 0 Å². The number of ether oxygens (including phenoxy) is 2. The van der Waals surface area contributed by atoms with E-state index in [0.717, 1.165) is 25.2 Å². The Labute approximate surface area is 116 Å². The van der Waals surface area contributed by atoms with Crippen LogP contribution in [0.2, 0.25) is 0 Å². The molecule has 0 aliphatic carbocycles. The van der Waals surface area contributed by atoms with Crippen LogP contribution >= 0.6 is 0 Å². The van der Waals surface area contributed by atoms with Gasteiger partial charge < -0.3 is 14.8 Å². The standard InChI is InChI=1S/C16H25NO2/c1-12(2)19-14-8-6-13(7-9-14)15(17-4)16(3)10-5-11-18-16/h6-9,12,15,17H,5,10-11H2,1-4H3. The topological polar surface area (TPSA) is 30.5 Å². The molecule has 2 rings (SSSR count). The second kappa shape index (κ2) is 5.93. The van der Waals surface area contributed by atoms with Gasteiger partial charge in [-0.2, -0.15) is 0 Å². The van der Waals surface area contributed by atoms with Crippen molar-refractivity contribution in [2.75, 3.05) is 13.7 Å². The number of benzene rings is 1. The summed E-state index contributed by atoms with van der Waals surface area (Å²) >= 11 is 0. The summed E-state index contributed by atoms with van der Waals surface area (Å²) in [4.78, 5) is 0. The molecule has 1 aromatic carbocycles. The highest BCUT2D eigenvalue weighted by molar-refractivity contribution is 5.31. The predicted octanol–water partition coefficient (Wildman–Crippen LogP) is 3.30. The Kier molecular flexibility index (Phi) is 4.48. The van der Waals surface area contributed by atoms with Gasteiger partial charge in [0.25, 0.3) is 0 Å². The molecule has 106 valence electrons. The van der Waals surface area contributed by atoms with Gasteiger partial charge >= 0.3 is 0 Å². The van der Waals surface area contributed by atoms with Crippen molar-refractivity contribution in [3.05, 3.63) is 29.8 Å². The molecule has 1 aromatic rings. The van der Waals surface area contributed by atoms with Crippen molar-refractivity contribution in [1.29, 1.82) is 0 Å². The number of hydrogen-bond acceptors (Lipinski definition) is 3. The van der Waals surface area contributed by atoms with Gasteiger partial charge in [-0.05, 0) is 58.4 Å². The maximum atomic E-state index is 5.95. The van der Waals surface area contributed by atoms with Gasteiger partial charge in [-0.1, -0.05) is 12.1 Å². The molecule has 3 heteroatoms. The van der Waals surface area contributed by atoms with Crippen molar-refractivity contribution < 1.29 is 9.47 Å². The highest BCUT2D eigenvalue weighted by atomic mass is 16.5. The highest BCUT2D eigenvalue weighted by Crippen LogP contribution is 2.37. The summed E-state index contributed by atoms with van der Waals surface area (Å²) in [6.45, 7) is 7.14. The quantitative estimate of drug-likeness (QED) is 0.884. The minimum Gasteiger partial charge on any atom is -0.491 e. The number of likely N-dealkylation sites (N-methyl/N-ethyl adjacent to an activating group) is 1. The lowest BCUT2D eigenvalue weighted by atomic mass is 9.88. The summed E-state index contributed by atoms with van der Waals surface area (Å²) < 4.78 is 11.6. The van der Waals surface area contributed by atoms with Crippen LogP contribution in [-0.2, 0) is 4.74 Å². The van der Waals surface area contributed by atoms with E-state index in [4.69, 9.17) is 9.47 Å². The fourth-order valence-electron chi connectivity index (χ4n) is 2.86. The lowest BCUT2D eigenvalue weighted by Crippen LogP contribution is -2.39. The van der Waals surface area contributed by atoms with Crippen molar-refractivity contribution in [3.63, 3.8) is 0 Å². The number of rotatable bonds is 5. The van der Waals surface area contributed by atoms with Crippen LogP contribution in [-0.4, -0.2) is 25.4 Å². The van der Waals surface area contributed by atoms with Crippen molar-refractivity contribution in [2.45, 2.75) is 51.4 Å². The fourth-order valence-corrected chi connectivity index (χ4v) is 2.86. The summed E-state index contributed by atoms with van der Waals surface area (Å²) in [5.41, 5.74) is 1.15. The molecule has 0 amide bonds. The average molecular weight is 263 g/mol. The zero-order chi connectivity index (χ0) is 13.9. The van der Waals surface area contributed by atoms with Gasteiger partial charge in [0.1, 0.15) is 5.75 Å². The summed E-state index contributed by atoms with van der Waals surface area (Å²) in [7, 11) is 2.00. The molecule has 2 unspecified atom stereocenters. The third-order valence-corrected chi connectivity index (χ3v) is 3.73. The van der Waals surface area contributed by atoms with Gasteiger partial charge in [0.2, 0.25) is 0 Å². The van der Waals surface area contributed by atoms with Gasteiger partial charge in [-0.15, -0.1) is 0 Å². The van der Waals surface area contributed by atoms with E-state index in [1.165, 1.54) is 5.56 Å². The minimum atomic E-state index is -0.102. The van der Waals surface area contributed by atoms with Crippen molar-refractivity contribution in [1.82, 2.24) is 5.32 Å². The summed E-state index contributed by atoms with van der Waals surface area (Å²) in [6, 6.07) is 8.57. The molecule has 1 aliphatic rings. The first kappa shape index (κ1) is 14.4. The zero-order valence-electron chi connectivity index (χ0n) is 12.4. The Bertz CT molecular complexity index is 394. The van der Waals surface area contributed by atoms with Gasteiger partial charge in [0.15, 0.2) is 0 Å². The van der Waals surface area contributed by atoms with E-state index in [0.29, 0.717) is 0 Å². The van der Waals surface area contributed by atoms with Crippen LogP contribution in [0.15, 0.2) is 24.3 Å². The highest BCUT2D eigenvalue weighted by Gasteiger charge is 2.38. The smallest absolute Gasteiger partial charge is 0.119 e. The Morgan fingerprint density at radius 2 is 1.95 bits per heavy atom. The second-order valence-corrected chi connectivity index (χ2v) is 5.72. The molecular formula is C16H25NO2. The minimum absolute atomic E-state index is 0.102. The molecule has 0 radical (unpaired) electrons. The van der Waals surface area contributed by atoms with Crippen LogP contribution in [0, 0.1) is 0 Å². The fraction of sp³-hybridized carbons (Fsp3) is 0.625. The van der Waals surface area contributed by atoms with E-state index >= 15 is 0 Å². The average Bonchev–Trinajstić information content (AvgIpc) is 2.79. The summed E-state index contributed by atoms with van der Waals surface area (Å²) in [6.07, 6.45) is 2.45. The first-order chi connectivity index (χ1) is 9.05. The third-order valence-electron chi connectivity index (χ3n) is 3.73. The molecule has 2 atom stereocenters. The van der Waals surface area contributed by atoms with E-state index in [9.17, 15) is 0 Å². The van der Waals surface area contributed by atoms with Gasteiger partial charge in [0.05, 0.1) is 17.7 Å². The molecule has 1 heterocycles. The molecule has 3 nitrogen and oxygen atoms in total. The first-order valence-corrected chi connectivity index (χ1v) is 7.13. The molecule has 0 spiro atoms. The SMILES string of the molecule is CNC(c1ccc(OC(C)C)cc1)C1(C)CCCO1. The number of hydrogen-bond donors (Lipinski definition) is 1. The molecular weight excluding hydrogens is 238 g/mol. The lowest BCUT2D eigenvalue weighted by molar-refractivity contribution is -0.0105. The monoisotopic (exact) mass is 263 g/mol. The molecule has 1 aliphatic heterocycles. The van der Waals surface area contributed by atoms with E-state index in [2.05, 4.69) is 24.4 Å². The van der Waals surface area contributed by atoms with Crippen LogP contribution in [0.3, 0.4) is 0 Å². The van der Waals surface area contributed by atoms with Crippen LogP contribution in [0.1, 0.15) is 45.2 Å². The molecule has 19 heavy (non-hydrogen) atoms. The lowest BCUT2D eigenvalue weighted by Gasteiger charge is -2.33. The largest absolute Gasteiger partial charge is 0.491 e. The van der Waals surface area contributed by atoms with E-state index in [1.54, 1.807) is 0 Å². The number of nitrogens with one attached hydrogen (secondary N) is 1. The van der Waals surface area contributed by atoms with Gasteiger partial charge in [-0.3, -0.25) is 0 Å². The second-order valence-electron chi connectivity index (χ2n) is 5.72. The maximum absolute atomic E-state index is 5.95. The van der Waals surface area contributed by atoms with Crippen LogP contribution in [0.5, 0.6) is 5.75 Å². The molecule has 0 bridgehead atoms. The van der Waals surface area contributed by atoms with Crippen molar-refractivity contribution in [3.8, 4) is 5.75 Å². The third kappa shape index (κ3) is 3.28. The summed E-state index contributed by atoms with van der Waals surface area (Å²) in [5, 5.41) is 3.40. The van der Waals surface area contributed by atoms with Crippen molar-refractivity contribution in [2.24, 2.45) is 0 Å². The Morgan fingerprint density at radius 3 is 2.42 bits per heavy atom. The van der Waals surface area contributed by atoms with Gasteiger partial charge in [0, 0.05) is 6.61 Å². The molecule has 1 fully saturated rings. The van der Waals surface area contributed by atoms with Crippen LogP contribution in [0.4, 0.5) is 0 Å². The van der Waals surface area contributed by atoms with Crippen LogP contribution in [0.25, 0.3) is 0 Å². The predicted molar refractivity (Wildman–Crippen MR) is 77.6 cm³/mol. The van der Waals surface area contributed by atoms with Crippen LogP contribution < -0.4 is 10.1 Å². The zero-order valence-corrected chi connectivity index (χ0v) is 12.4. The maximum Gasteiger partial charge on any atom is 0.119 e. The molecule has 0 aromatic heterocycles. The van der Waals surface area contributed by atoms with E-state index in [1.807, 2.05) is 33.0 Å². The normalized spacial score (nSPS) is 24.7. The molecule has 0 saturated carbocycles. The molecule has 1 saturated heterocycles. The van der Waals surface area contributed by atoms with Gasteiger partial charge in [-0.25, -0.2) is 0 Å². The molecule has 1 N–H and O–H groups in total.